The van der Waals surface area contributed by atoms with E-state index in [1.807, 2.05) is 4.72 Å². The summed E-state index contributed by atoms with van der Waals surface area (Å²) in [5.74, 6) is 0.738. The molecule has 2 heterocycles. The van der Waals surface area contributed by atoms with Crippen molar-refractivity contribution >= 4 is 32.9 Å². The molecule has 0 radical (unpaired) electrons. The van der Waals surface area contributed by atoms with Crippen molar-refractivity contribution in [3.63, 3.8) is 0 Å². The van der Waals surface area contributed by atoms with Gasteiger partial charge in [-0.1, -0.05) is 11.8 Å². The van der Waals surface area contributed by atoms with Crippen LogP contribution in [-0.4, -0.2) is 42.1 Å². The molecule has 0 saturated carbocycles. The van der Waals surface area contributed by atoms with Crippen molar-refractivity contribution in [2.45, 2.75) is 0 Å². The summed E-state index contributed by atoms with van der Waals surface area (Å²) in [4.78, 5) is 11.1. The van der Waals surface area contributed by atoms with Crippen LogP contribution in [0, 0.1) is 0 Å². The number of hydrogen-bond acceptors (Lipinski definition) is 4. The first-order valence-electron chi connectivity index (χ1n) is 3.39. The number of rotatable bonds is 0. The molecule has 74 valence electrons. The maximum atomic E-state index is 11.1. The van der Waals surface area contributed by atoms with Gasteiger partial charge in [0.25, 0.3) is 0 Å². The molecule has 0 bridgehead atoms. The summed E-state index contributed by atoms with van der Waals surface area (Å²) in [6.07, 6.45) is 0. The SMILES string of the molecule is O=C1NS(=O)(=O)CC2=[N+]1CCS2.[Cl-]. The zero-order valence-corrected chi connectivity index (χ0v) is 8.88. The van der Waals surface area contributed by atoms with E-state index in [2.05, 4.69) is 0 Å². The second-order valence-electron chi connectivity index (χ2n) is 2.56. The molecule has 0 aromatic carbocycles. The van der Waals surface area contributed by atoms with Crippen LogP contribution >= 0.6 is 11.8 Å². The zero-order chi connectivity index (χ0) is 8.77. The van der Waals surface area contributed by atoms with E-state index < -0.39 is 16.1 Å². The lowest BCUT2D eigenvalue weighted by Crippen LogP contribution is -3.00. The molecular formula is C5H7ClN2O3S2. The predicted octanol–water partition coefficient (Wildman–Crippen LogP) is -3.80. The molecule has 0 unspecified atom stereocenters. The lowest BCUT2D eigenvalue weighted by Gasteiger charge is -2.07. The normalized spacial score (nSPS) is 24.8. The summed E-state index contributed by atoms with van der Waals surface area (Å²) < 4.78 is 25.5. The van der Waals surface area contributed by atoms with Crippen molar-refractivity contribution in [3.05, 3.63) is 0 Å². The molecule has 1 N–H and O–H groups in total. The number of urea groups is 1. The van der Waals surface area contributed by atoms with Gasteiger partial charge >= 0.3 is 16.1 Å². The van der Waals surface area contributed by atoms with Crippen LogP contribution < -0.4 is 17.1 Å². The zero-order valence-electron chi connectivity index (χ0n) is 6.49. The minimum atomic E-state index is -3.39. The van der Waals surface area contributed by atoms with Gasteiger partial charge in [0.15, 0.2) is 10.8 Å². The Balaban J connectivity index is 0.000000845. The van der Waals surface area contributed by atoms with Crippen LogP contribution in [0.15, 0.2) is 0 Å². The van der Waals surface area contributed by atoms with Gasteiger partial charge in [-0.15, -0.1) is 4.72 Å². The molecule has 13 heavy (non-hydrogen) atoms. The molecule has 0 spiro atoms. The molecule has 2 rings (SSSR count). The third-order valence-corrected chi connectivity index (χ3v) is 4.09. The highest BCUT2D eigenvalue weighted by atomic mass is 35.5. The number of carbonyl (C=O) groups is 1. The van der Waals surface area contributed by atoms with Crippen molar-refractivity contribution in [2.24, 2.45) is 0 Å². The minimum absolute atomic E-state index is 0. The Morgan fingerprint density at radius 1 is 1.46 bits per heavy atom. The first-order valence-corrected chi connectivity index (χ1v) is 6.03. The van der Waals surface area contributed by atoms with E-state index in [1.54, 1.807) is 0 Å². The average Bonchev–Trinajstić information content (AvgIpc) is 2.31. The number of amides is 2. The highest BCUT2D eigenvalue weighted by molar-refractivity contribution is 8.15. The third-order valence-electron chi connectivity index (χ3n) is 1.69. The molecule has 0 aromatic rings. The third kappa shape index (κ3) is 1.97. The largest absolute Gasteiger partial charge is 1.00 e. The number of hydrogen-bond donors (Lipinski definition) is 1. The average molecular weight is 243 g/mol. The van der Waals surface area contributed by atoms with Crippen molar-refractivity contribution in [2.75, 3.05) is 18.1 Å². The summed E-state index contributed by atoms with van der Waals surface area (Å²) >= 11 is 1.43. The standard InChI is InChI=1S/C5H6N2O3S2.ClH/c8-5-6-12(9,10)3-4-7(5)1-2-11-4;/h1-3H2;1H. The summed E-state index contributed by atoms with van der Waals surface area (Å²) in [6, 6.07) is -0.513. The lowest BCUT2D eigenvalue weighted by atomic mass is 10.6. The van der Waals surface area contributed by atoms with Crippen LogP contribution in [0.5, 0.6) is 0 Å². The second-order valence-corrected chi connectivity index (χ2v) is 5.45. The van der Waals surface area contributed by atoms with E-state index in [1.165, 1.54) is 16.3 Å². The molecular weight excluding hydrogens is 236 g/mol. The fraction of sp³-hybridized carbons (Fsp3) is 0.600. The molecule has 5 nitrogen and oxygen atoms in total. The Kier molecular flexibility index (Phi) is 2.88. The van der Waals surface area contributed by atoms with Gasteiger partial charge < -0.3 is 12.4 Å². The summed E-state index contributed by atoms with van der Waals surface area (Å²) in [7, 11) is -3.39. The molecule has 0 aromatic heterocycles. The Hall–Kier alpha value is -0.270. The van der Waals surface area contributed by atoms with Crippen molar-refractivity contribution in [1.82, 2.24) is 4.72 Å². The number of halogens is 1. The second kappa shape index (κ2) is 3.47. The fourth-order valence-electron chi connectivity index (χ4n) is 1.18. The fourth-order valence-corrected chi connectivity index (χ4v) is 3.75. The van der Waals surface area contributed by atoms with Crippen LogP contribution in [0.25, 0.3) is 0 Å². The van der Waals surface area contributed by atoms with E-state index in [0.29, 0.717) is 11.6 Å². The van der Waals surface area contributed by atoms with Gasteiger partial charge in [0.1, 0.15) is 6.54 Å². The molecule has 2 amide bonds. The molecule has 2 aliphatic rings. The molecule has 0 saturated heterocycles. The van der Waals surface area contributed by atoms with E-state index in [0.717, 1.165) is 5.75 Å². The molecule has 0 aliphatic carbocycles. The molecule has 0 fully saturated rings. The summed E-state index contributed by atoms with van der Waals surface area (Å²) in [5.41, 5.74) is 0. The summed E-state index contributed by atoms with van der Waals surface area (Å²) in [6.45, 7) is 0.612. The number of nitrogens with one attached hydrogen (secondary N) is 1. The Bertz CT molecular complexity index is 375. The Morgan fingerprint density at radius 3 is 2.85 bits per heavy atom. The number of nitrogens with zero attached hydrogens (tertiary/aromatic N) is 1. The lowest BCUT2D eigenvalue weighted by molar-refractivity contribution is -0.416. The van der Waals surface area contributed by atoms with Crippen molar-refractivity contribution in [1.29, 1.82) is 0 Å². The van der Waals surface area contributed by atoms with Crippen LogP contribution in [0.4, 0.5) is 4.79 Å². The number of carbonyl (C=O) groups excluding carboxylic acids is 1. The minimum Gasteiger partial charge on any atom is -1.00 e. The van der Waals surface area contributed by atoms with Gasteiger partial charge in [-0.25, -0.2) is 0 Å². The predicted molar refractivity (Wildman–Crippen MR) is 44.9 cm³/mol. The number of thioether (sulfide) groups is 1. The smallest absolute Gasteiger partial charge is 0.507 e. The van der Waals surface area contributed by atoms with E-state index in [4.69, 9.17) is 0 Å². The van der Waals surface area contributed by atoms with Gasteiger partial charge in [0.2, 0.25) is 0 Å². The van der Waals surface area contributed by atoms with Crippen LogP contribution in [0.1, 0.15) is 0 Å². The van der Waals surface area contributed by atoms with Crippen LogP contribution in [0.3, 0.4) is 0 Å². The maximum Gasteiger partial charge on any atom is 0.507 e. The maximum absolute atomic E-state index is 11.1. The highest BCUT2D eigenvalue weighted by Gasteiger charge is 2.39. The first kappa shape index (κ1) is 10.8. The molecule has 2 aliphatic heterocycles. The Labute approximate surface area is 86.0 Å². The van der Waals surface area contributed by atoms with E-state index in [9.17, 15) is 13.2 Å². The van der Waals surface area contributed by atoms with Crippen LogP contribution in [0.2, 0.25) is 0 Å². The first-order chi connectivity index (χ1) is 5.58. The summed E-state index contributed by atoms with van der Waals surface area (Å²) in [5, 5.41) is 0.652. The van der Waals surface area contributed by atoms with Crippen LogP contribution in [-0.2, 0) is 10.0 Å². The van der Waals surface area contributed by atoms with Gasteiger partial charge in [0.05, 0.1) is 0 Å². The molecule has 0 atom stereocenters. The molecule has 8 heteroatoms. The van der Waals surface area contributed by atoms with Crippen molar-refractivity contribution in [3.8, 4) is 0 Å². The van der Waals surface area contributed by atoms with Gasteiger partial charge in [-0.3, -0.25) is 0 Å². The number of sulfonamides is 1. The van der Waals surface area contributed by atoms with Crippen molar-refractivity contribution < 1.29 is 30.2 Å². The van der Waals surface area contributed by atoms with E-state index >= 15 is 0 Å². The van der Waals surface area contributed by atoms with Gasteiger partial charge in [-0.05, 0) is 0 Å². The highest BCUT2D eigenvalue weighted by Crippen LogP contribution is 2.16. The quantitative estimate of drug-likeness (QED) is 0.443. The topological polar surface area (TPSA) is 66.2 Å². The monoisotopic (exact) mass is 242 g/mol. The van der Waals surface area contributed by atoms with Gasteiger partial charge in [0, 0.05) is 5.75 Å². The van der Waals surface area contributed by atoms with Gasteiger partial charge in [-0.2, -0.15) is 17.8 Å². The van der Waals surface area contributed by atoms with E-state index in [-0.39, 0.29) is 18.2 Å². The Morgan fingerprint density at radius 2 is 2.15 bits per heavy atom.